The zero-order chi connectivity index (χ0) is 19.4. The van der Waals surface area contributed by atoms with Crippen LogP contribution < -0.4 is 4.57 Å². The van der Waals surface area contributed by atoms with Gasteiger partial charge < -0.3 is 35.0 Å². The second-order valence-electron chi connectivity index (χ2n) is 5.63. The molecule has 1 aromatic heterocycles. The van der Waals surface area contributed by atoms with E-state index in [4.69, 9.17) is 24.8 Å². The number of hydrogen-bond acceptors (Lipinski definition) is 8. The van der Waals surface area contributed by atoms with Crippen LogP contribution in [0, 0.1) is 0 Å². The van der Waals surface area contributed by atoms with Crippen LogP contribution in [0.3, 0.4) is 0 Å². The number of hydrogen-bond donors (Lipinski definition) is 5. The largest absolute Gasteiger partial charge is 0.479 e. The van der Waals surface area contributed by atoms with Gasteiger partial charge in [0.25, 0.3) is 6.23 Å². The molecule has 5 atom stereocenters. The van der Waals surface area contributed by atoms with Crippen LogP contribution in [-0.2, 0) is 19.1 Å². The molecule has 1 aliphatic rings. The summed E-state index contributed by atoms with van der Waals surface area (Å²) in [6.45, 7) is -0.487. The molecule has 0 amide bonds. The van der Waals surface area contributed by atoms with Crippen LogP contribution in [0.5, 0.6) is 0 Å². The molecule has 11 nitrogen and oxygen atoms in total. The summed E-state index contributed by atoms with van der Waals surface area (Å²) in [5.41, 5.74) is -0.0599. The van der Waals surface area contributed by atoms with Gasteiger partial charge >= 0.3 is 17.9 Å². The standard InChI is InChI=1S/C15H17NO10/c17-8(15(23)24)4-10(18)25-6-9-11(19)12(20)13(26-9)16-3-1-2-7(5-16)14(21)22/h1-3,5,8-9,11-13,17,19-20H,4,6H2,(H-,21,22,23,24)/p+1/t8-,9+,11+,12+,13+/m0/s1. The first-order valence-corrected chi connectivity index (χ1v) is 7.53. The Morgan fingerprint density at radius 3 is 2.54 bits per heavy atom. The van der Waals surface area contributed by atoms with Gasteiger partial charge in [0.2, 0.25) is 0 Å². The van der Waals surface area contributed by atoms with Gasteiger partial charge in [0.1, 0.15) is 24.4 Å². The average molecular weight is 372 g/mol. The molecule has 0 bridgehead atoms. The molecule has 0 aliphatic carbocycles. The number of carboxylic acid groups (broad SMARTS) is 2. The first kappa shape index (κ1) is 19.7. The lowest BCUT2D eigenvalue weighted by Gasteiger charge is -2.14. The Labute approximate surface area is 146 Å². The van der Waals surface area contributed by atoms with Crippen molar-refractivity contribution in [2.45, 2.75) is 37.1 Å². The number of esters is 1. The van der Waals surface area contributed by atoms with Gasteiger partial charge in [0.15, 0.2) is 24.6 Å². The molecule has 1 fully saturated rings. The molecule has 1 aromatic rings. The molecule has 2 rings (SSSR count). The molecule has 0 aromatic carbocycles. The fourth-order valence-electron chi connectivity index (χ4n) is 2.37. The van der Waals surface area contributed by atoms with Crippen LogP contribution in [0.1, 0.15) is 23.0 Å². The highest BCUT2D eigenvalue weighted by atomic mass is 16.6. The van der Waals surface area contributed by atoms with E-state index in [-0.39, 0.29) is 5.56 Å². The monoisotopic (exact) mass is 372 g/mol. The Morgan fingerprint density at radius 1 is 1.23 bits per heavy atom. The Hall–Kier alpha value is -2.60. The van der Waals surface area contributed by atoms with E-state index in [9.17, 15) is 24.6 Å². The molecular weight excluding hydrogens is 354 g/mol. The smallest absolute Gasteiger partial charge is 0.341 e. The highest BCUT2D eigenvalue weighted by Crippen LogP contribution is 2.25. The molecule has 1 aliphatic heterocycles. The average Bonchev–Trinajstić information content (AvgIpc) is 2.88. The fourth-order valence-corrected chi connectivity index (χ4v) is 2.37. The van der Waals surface area contributed by atoms with E-state index >= 15 is 0 Å². The van der Waals surface area contributed by atoms with Gasteiger partial charge in [-0.2, -0.15) is 4.57 Å². The number of carbonyl (C=O) groups is 3. The molecule has 0 saturated carbocycles. The van der Waals surface area contributed by atoms with Crippen molar-refractivity contribution < 1.29 is 54.0 Å². The lowest BCUT2D eigenvalue weighted by molar-refractivity contribution is -0.765. The van der Waals surface area contributed by atoms with Gasteiger partial charge in [-0.1, -0.05) is 0 Å². The SMILES string of the molecule is O=C(C[C@H](O)C(=O)O)OC[C@H]1O[C@@H]([n+]2cccc(C(=O)O)c2)[C@H](O)[C@@H]1O. The van der Waals surface area contributed by atoms with E-state index in [1.807, 2.05) is 0 Å². The number of aromatic carboxylic acids is 1. The second kappa shape index (κ2) is 8.19. The van der Waals surface area contributed by atoms with E-state index in [0.29, 0.717) is 0 Å². The number of carboxylic acids is 2. The lowest BCUT2D eigenvalue weighted by atomic mass is 10.1. The van der Waals surface area contributed by atoms with Gasteiger partial charge in [-0.15, -0.1) is 0 Å². The summed E-state index contributed by atoms with van der Waals surface area (Å²) in [6, 6.07) is 2.76. The van der Waals surface area contributed by atoms with Gasteiger partial charge in [-0.3, -0.25) is 4.79 Å². The van der Waals surface area contributed by atoms with Crippen molar-refractivity contribution in [2.75, 3.05) is 6.61 Å². The minimum absolute atomic E-state index is 0.0599. The predicted octanol–water partition coefficient (Wildman–Crippen LogP) is -2.33. The molecule has 142 valence electrons. The van der Waals surface area contributed by atoms with Gasteiger partial charge in [-0.25, -0.2) is 9.59 Å². The summed E-state index contributed by atoms with van der Waals surface area (Å²) < 4.78 is 11.4. The van der Waals surface area contributed by atoms with Crippen molar-refractivity contribution in [3.8, 4) is 0 Å². The zero-order valence-corrected chi connectivity index (χ0v) is 13.3. The predicted molar refractivity (Wildman–Crippen MR) is 78.7 cm³/mol. The summed E-state index contributed by atoms with van der Waals surface area (Å²) >= 11 is 0. The molecular formula is C15H18NO10+. The molecule has 1 saturated heterocycles. The number of aliphatic hydroxyl groups is 3. The minimum Gasteiger partial charge on any atom is -0.479 e. The van der Waals surface area contributed by atoms with Crippen molar-refractivity contribution in [1.82, 2.24) is 0 Å². The first-order chi connectivity index (χ1) is 12.2. The number of nitrogens with zero attached hydrogens (tertiary/aromatic N) is 1. The Bertz CT molecular complexity index is 693. The molecule has 0 unspecified atom stereocenters. The number of pyridine rings is 1. The number of aromatic nitrogens is 1. The van der Waals surface area contributed by atoms with Crippen molar-refractivity contribution in [2.24, 2.45) is 0 Å². The third-order valence-electron chi connectivity index (χ3n) is 3.75. The fraction of sp³-hybridized carbons (Fsp3) is 0.467. The highest BCUT2D eigenvalue weighted by Gasteiger charge is 2.48. The first-order valence-electron chi connectivity index (χ1n) is 7.53. The van der Waals surface area contributed by atoms with Gasteiger partial charge in [0, 0.05) is 6.07 Å². The van der Waals surface area contributed by atoms with Crippen LogP contribution in [0.25, 0.3) is 0 Å². The number of ether oxygens (including phenoxy) is 2. The maximum absolute atomic E-state index is 11.5. The Morgan fingerprint density at radius 2 is 1.92 bits per heavy atom. The van der Waals surface area contributed by atoms with Crippen molar-refractivity contribution in [3.05, 3.63) is 30.1 Å². The van der Waals surface area contributed by atoms with Crippen molar-refractivity contribution in [1.29, 1.82) is 0 Å². The van der Waals surface area contributed by atoms with Crippen LogP contribution in [0.2, 0.25) is 0 Å². The van der Waals surface area contributed by atoms with E-state index in [1.165, 1.54) is 29.1 Å². The van der Waals surface area contributed by atoms with E-state index in [1.54, 1.807) is 0 Å². The number of aliphatic hydroxyl groups excluding tert-OH is 3. The number of carbonyl (C=O) groups excluding carboxylic acids is 1. The Balaban J connectivity index is 1.99. The van der Waals surface area contributed by atoms with Crippen molar-refractivity contribution >= 4 is 17.9 Å². The third-order valence-corrected chi connectivity index (χ3v) is 3.75. The summed E-state index contributed by atoms with van der Waals surface area (Å²) in [7, 11) is 0. The maximum Gasteiger partial charge on any atom is 0.341 e. The maximum atomic E-state index is 11.5. The van der Waals surface area contributed by atoms with Gasteiger partial charge in [-0.05, 0) is 6.07 Å². The summed E-state index contributed by atoms with van der Waals surface area (Å²) in [5, 5.41) is 46.7. The molecule has 5 N–H and O–H groups in total. The molecule has 2 heterocycles. The van der Waals surface area contributed by atoms with Gasteiger partial charge in [0.05, 0.1) is 6.42 Å². The molecule has 0 spiro atoms. The summed E-state index contributed by atoms with van der Waals surface area (Å²) in [5.74, 6) is -3.78. The third kappa shape index (κ3) is 4.52. The molecule has 0 radical (unpaired) electrons. The van der Waals surface area contributed by atoms with Crippen LogP contribution in [0.15, 0.2) is 24.5 Å². The Kier molecular flexibility index (Phi) is 6.21. The summed E-state index contributed by atoms with van der Waals surface area (Å²) in [4.78, 5) is 32.9. The quantitative estimate of drug-likeness (QED) is 0.258. The van der Waals surface area contributed by atoms with E-state index < -0.39 is 61.6 Å². The van der Waals surface area contributed by atoms with Crippen LogP contribution in [-0.4, -0.2) is 74.5 Å². The molecule has 26 heavy (non-hydrogen) atoms. The topological polar surface area (TPSA) is 175 Å². The van der Waals surface area contributed by atoms with Crippen LogP contribution in [0.4, 0.5) is 0 Å². The lowest BCUT2D eigenvalue weighted by Crippen LogP contribution is -2.46. The normalized spacial score (nSPS) is 26.3. The highest BCUT2D eigenvalue weighted by molar-refractivity contribution is 5.86. The number of aliphatic carboxylic acids is 1. The molecule has 11 heteroatoms. The van der Waals surface area contributed by atoms with Crippen LogP contribution >= 0.6 is 0 Å². The van der Waals surface area contributed by atoms with E-state index in [0.717, 1.165) is 0 Å². The minimum atomic E-state index is -1.91. The number of rotatable bonds is 7. The van der Waals surface area contributed by atoms with E-state index in [2.05, 4.69) is 0 Å². The summed E-state index contributed by atoms with van der Waals surface area (Å²) in [6.07, 6.45) is -5.13. The van der Waals surface area contributed by atoms with Crippen molar-refractivity contribution in [3.63, 3.8) is 0 Å². The zero-order valence-electron chi connectivity index (χ0n) is 13.3. The second-order valence-corrected chi connectivity index (χ2v) is 5.63.